The predicted molar refractivity (Wildman–Crippen MR) is 61.9 cm³/mol. The Morgan fingerprint density at radius 1 is 1.38 bits per heavy atom. The molecule has 0 aromatic heterocycles. The summed E-state index contributed by atoms with van der Waals surface area (Å²) >= 11 is 0. The van der Waals surface area contributed by atoms with Crippen molar-refractivity contribution < 1.29 is 4.79 Å². The molecule has 2 N–H and O–H groups in total. The molecule has 90 valence electrons. The molecule has 2 aliphatic heterocycles. The molecule has 2 saturated heterocycles. The minimum Gasteiger partial charge on any atom is -0.336 e. The number of rotatable bonds is 1. The van der Waals surface area contributed by atoms with Gasteiger partial charge in [0.1, 0.15) is 0 Å². The highest BCUT2D eigenvalue weighted by molar-refractivity contribution is 5.89. The molecule has 1 amide bonds. The summed E-state index contributed by atoms with van der Waals surface area (Å²) in [7, 11) is 0. The van der Waals surface area contributed by atoms with E-state index < -0.39 is 5.54 Å². The molecule has 4 nitrogen and oxygen atoms in total. The lowest BCUT2D eigenvalue weighted by Gasteiger charge is -2.43. The van der Waals surface area contributed by atoms with Crippen molar-refractivity contribution in [1.29, 1.82) is 0 Å². The number of amides is 1. The van der Waals surface area contributed by atoms with Gasteiger partial charge in [-0.3, -0.25) is 9.69 Å². The predicted octanol–water partition coefficient (Wildman–Crippen LogP) is 0.173. The van der Waals surface area contributed by atoms with E-state index in [1.165, 1.54) is 19.4 Å². The minimum atomic E-state index is -0.491. The molecule has 4 heteroatoms. The molecule has 0 radical (unpaired) electrons. The van der Waals surface area contributed by atoms with Crippen molar-refractivity contribution >= 4 is 5.91 Å². The van der Waals surface area contributed by atoms with Crippen molar-refractivity contribution in [3.8, 4) is 0 Å². The van der Waals surface area contributed by atoms with Crippen LogP contribution in [0.15, 0.2) is 0 Å². The van der Waals surface area contributed by atoms with Gasteiger partial charge in [0.25, 0.3) is 0 Å². The number of nitrogens with zero attached hydrogens (tertiary/aromatic N) is 2. The maximum Gasteiger partial charge on any atom is 0.242 e. The van der Waals surface area contributed by atoms with Gasteiger partial charge < -0.3 is 10.6 Å². The summed E-state index contributed by atoms with van der Waals surface area (Å²) in [5.74, 6) is 0.201. The highest BCUT2D eigenvalue weighted by atomic mass is 16.2. The lowest BCUT2D eigenvalue weighted by atomic mass is 10.1. The van der Waals surface area contributed by atoms with Crippen molar-refractivity contribution in [3.63, 3.8) is 0 Å². The van der Waals surface area contributed by atoms with E-state index in [1.54, 1.807) is 0 Å². The fourth-order valence-electron chi connectivity index (χ4n) is 3.10. The molecule has 3 rings (SSSR count). The third-order valence-electron chi connectivity index (χ3n) is 4.41. The molecule has 0 aromatic rings. The Balaban J connectivity index is 1.73. The lowest BCUT2D eigenvalue weighted by Crippen LogP contribution is -2.60. The number of carbonyl (C=O) groups is 1. The number of piperazine rings is 1. The number of hydrogen-bond acceptors (Lipinski definition) is 3. The van der Waals surface area contributed by atoms with E-state index in [4.69, 9.17) is 5.73 Å². The first-order chi connectivity index (χ1) is 7.60. The summed E-state index contributed by atoms with van der Waals surface area (Å²) in [6.07, 6.45) is 4.29. The van der Waals surface area contributed by atoms with Gasteiger partial charge in [0.05, 0.1) is 5.54 Å². The number of fused-ring (bicyclic) bond motifs is 1. The number of hydrogen-bond donors (Lipinski definition) is 1. The summed E-state index contributed by atoms with van der Waals surface area (Å²) in [6, 6.07) is 0.936. The standard InChI is InChI=1S/C12H21N3O/c1-9-7-14-6-2-3-10(14)8-15(9)11(16)12(13)4-5-12/h9-10H,2-8,13H2,1H3. The second-order valence-electron chi connectivity index (χ2n) is 5.75. The Hall–Kier alpha value is -0.610. The van der Waals surface area contributed by atoms with E-state index in [-0.39, 0.29) is 5.91 Å². The summed E-state index contributed by atoms with van der Waals surface area (Å²) < 4.78 is 0. The van der Waals surface area contributed by atoms with Gasteiger partial charge in [-0.05, 0) is 39.2 Å². The first-order valence-electron chi connectivity index (χ1n) is 6.44. The Labute approximate surface area is 96.8 Å². The van der Waals surface area contributed by atoms with Crippen molar-refractivity contribution in [3.05, 3.63) is 0 Å². The molecular formula is C12H21N3O. The zero-order valence-corrected chi connectivity index (χ0v) is 9.98. The van der Waals surface area contributed by atoms with Crippen LogP contribution in [0.25, 0.3) is 0 Å². The Bertz CT molecular complexity index is 313. The summed E-state index contributed by atoms with van der Waals surface area (Å²) in [5, 5.41) is 0. The maximum atomic E-state index is 12.3. The van der Waals surface area contributed by atoms with Gasteiger partial charge in [-0.25, -0.2) is 0 Å². The first-order valence-corrected chi connectivity index (χ1v) is 6.44. The average Bonchev–Trinajstić information content (AvgIpc) is 2.85. The van der Waals surface area contributed by atoms with Crippen molar-refractivity contribution in [2.75, 3.05) is 19.6 Å². The van der Waals surface area contributed by atoms with E-state index in [0.29, 0.717) is 12.1 Å². The van der Waals surface area contributed by atoms with Crippen LogP contribution in [0.3, 0.4) is 0 Å². The fourth-order valence-corrected chi connectivity index (χ4v) is 3.10. The van der Waals surface area contributed by atoms with Crippen LogP contribution in [0.2, 0.25) is 0 Å². The average molecular weight is 223 g/mol. The van der Waals surface area contributed by atoms with Crippen molar-refractivity contribution in [1.82, 2.24) is 9.80 Å². The maximum absolute atomic E-state index is 12.3. The molecule has 0 aromatic carbocycles. The normalized spacial score (nSPS) is 37.2. The van der Waals surface area contributed by atoms with E-state index in [2.05, 4.69) is 11.8 Å². The van der Waals surface area contributed by atoms with Gasteiger partial charge in [0.15, 0.2) is 0 Å². The van der Waals surface area contributed by atoms with Gasteiger partial charge in [-0.1, -0.05) is 0 Å². The SMILES string of the molecule is CC1CN2CCCC2CN1C(=O)C1(N)CC1. The van der Waals surface area contributed by atoms with Gasteiger partial charge in [-0.15, -0.1) is 0 Å². The number of carbonyl (C=O) groups excluding carboxylic acids is 1. The Morgan fingerprint density at radius 2 is 2.12 bits per heavy atom. The quantitative estimate of drug-likeness (QED) is 0.689. The molecule has 3 fully saturated rings. The van der Waals surface area contributed by atoms with Crippen LogP contribution in [0, 0.1) is 0 Å². The van der Waals surface area contributed by atoms with Crippen LogP contribution in [0.4, 0.5) is 0 Å². The molecule has 2 unspecified atom stereocenters. The van der Waals surface area contributed by atoms with Gasteiger partial charge in [0, 0.05) is 25.2 Å². The van der Waals surface area contributed by atoms with Gasteiger partial charge in [0.2, 0.25) is 5.91 Å². The third-order valence-corrected chi connectivity index (χ3v) is 4.41. The first kappa shape index (κ1) is 10.5. The smallest absolute Gasteiger partial charge is 0.242 e. The highest BCUT2D eigenvalue weighted by Gasteiger charge is 2.50. The van der Waals surface area contributed by atoms with Crippen LogP contribution in [0.1, 0.15) is 32.6 Å². The topological polar surface area (TPSA) is 49.6 Å². The summed E-state index contributed by atoms with van der Waals surface area (Å²) in [4.78, 5) is 16.8. The van der Waals surface area contributed by atoms with E-state index >= 15 is 0 Å². The van der Waals surface area contributed by atoms with Crippen LogP contribution in [0.5, 0.6) is 0 Å². The molecule has 16 heavy (non-hydrogen) atoms. The fraction of sp³-hybridized carbons (Fsp3) is 0.917. The monoisotopic (exact) mass is 223 g/mol. The van der Waals surface area contributed by atoms with Gasteiger partial charge >= 0.3 is 0 Å². The highest BCUT2D eigenvalue weighted by Crippen LogP contribution is 2.36. The van der Waals surface area contributed by atoms with Crippen LogP contribution >= 0.6 is 0 Å². The molecule has 2 atom stereocenters. The minimum absolute atomic E-state index is 0.201. The van der Waals surface area contributed by atoms with Crippen LogP contribution < -0.4 is 5.73 Å². The zero-order valence-electron chi connectivity index (χ0n) is 9.98. The summed E-state index contributed by atoms with van der Waals surface area (Å²) in [5.41, 5.74) is 5.52. The molecule has 1 aliphatic carbocycles. The number of nitrogens with two attached hydrogens (primary N) is 1. The van der Waals surface area contributed by atoms with Crippen molar-refractivity contribution in [2.45, 2.75) is 50.2 Å². The lowest BCUT2D eigenvalue weighted by molar-refractivity contribution is -0.139. The molecule has 2 heterocycles. The Morgan fingerprint density at radius 3 is 2.81 bits per heavy atom. The van der Waals surface area contributed by atoms with E-state index in [1.807, 2.05) is 4.90 Å². The largest absolute Gasteiger partial charge is 0.336 e. The molecule has 0 bridgehead atoms. The van der Waals surface area contributed by atoms with Gasteiger partial charge in [-0.2, -0.15) is 0 Å². The zero-order chi connectivity index (χ0) is 11.3. The summed E-state index contributed by atoms with van der Waals surface area (Å²) in [6.45, 7) is 5.30. The van der Waals surface area contributed by atoms with Crippen molar-refractivity contribution in [2.24, 2.45) is 5.73 Å². The Kier molecular flexibility index (Phi) is 2.27. The third kappa shape index (κ3) is 1.55. The van der Waals surface area contributed by atoms with Crippen LogP contribution in [-0.2, 0) is 4.79 Å². The second-order valence-corrected chi connectivity index (χ2v) is 5.75. The van der Waals surface area contributed by atoms with E-state index in [9.17, 15) is 4.79 Å². The van der Waals surface area contributed by atoms with E-state index in [0.717, 1.165) is 25.9 Å². The second kappa shape index (κ2) is 3.44. The van der Waals surface area contributed by atoms with Crippen LogP contribution in [-0.4, -0.2) is 53.0 Å². The molecular weight excluding hydrogens is 202 g/mol. The molecule has 3 aliphatic rings. The molecule has 1 saturated carbocycles. The molecule has 0 spiro atoms.